The van der Waals surface area contributed by atoms with Crippen molar-refractivity contribution in [3.8, 4) is 0 Å². The van der Waals surface area contributed by atoms with Crippen LogP contribution in [0.1, 0.15) is 16.7 Å². The van der Waals surface area contributed by atoms with Crippen LogP contribution in [0.5, 0.6) is 0 Å². The molecule has 27 heavy (non-hydrogen) atoms. The highest BCUT2D eigenvalue weighted by molar-refractivity contribution is 7.48. The van der Waals surface area contributed by atoms with Crippen LogP contribution in [-0.2, 0) is 38.0 Å². The van der Waals surface area contributed by atoms with E-state index in [1.807, 2.05) is 60.7 Å². The molecule has 3 rings (SSSR count). The van der Waals surface area contributed by atoms with Crippen LogP contribution in [0, 0.1) is 0 Å². The second-order valence-electron chi connectivity index (χ2n) is 5.87. The molecule has 0 aliphatic carbocycles. The third-order valence-electron chi connectivity index (χ3n) is 3.77. The van der Waals surface area contributed by atoms with Crippen molar-refractivity contribution in [3.05, 3.63) is 107 Å². The van der Waals surface area contributed by atoms with Gasteiger partial charge in [-0.05, 0) is 28.8 Å². The number of hydrogen-bond donors (Lipinski definition) is 0. The van der Waals surface area contributed by atoms with Gasteiger partial charge in [-0.2, -0.15) is 0 Å². The van der Waals surface area contributed by atoms with Gasteiger partial charge in [0.25, 0.3) is 0 Å². The van der Waals surface area contributed by atoms with Gasteiger partial charge in [-0.1, -0.05) is 84.4 Å². The molecule has 140 valence electrons. The highest BCUT2D eigenvalue weighted by Crippen LogP contribution is 2.51. The molecule has 0 bridgehead atoms. The number of hydrogen-bond acceptors (Lipinski definition) is 4. The van der Waals surface area contributed by atoms with Crippen molar-refractivity contribution in [2.45, 2.75) is 19.8 Å². The maximum absolute atomic E-state index is 13.1. The molecule has 4 nitrogen and oxygen atoms in total. The summed E-state index contributed by atoms with van der Waals surface area (Å²) in [6.45, 7) is 0.360. The highest BCUT2D eigenvalue weighted by Gasteiger charge is 2.27. The summed E-state index contributed by atoms with van der Waals surface area (Å²) in [5.41, 5.74) is 2.60. The smallest absolute Gasteiger partial charge is 0.282 e. The molecular weight excluding hydrogens is 383 g/mol. The van der Waals surface area contributed by atoms with Crippen molar-refractivity contribution >= 4 is 19.4 Å². The highest BCUT2D eigenvalue weighted by atomic mass is 35.5. The Balaban J connectivity index is 1.66. The van der Waals surface area contributed by atoms with Crippen LogP contribution in [0.3, 0.4) is 0 Å². The quantitative estimate of drug-likeness (QED) is 0.388. The second kappa shape index (κ2) is 9.84. The molecule has 0 saturated heterocycles. The van der Waals surface area contributed by atoms with Gasteiger partial charge in [0.2, 0.25) is 0 Å². The lowest BCUT2D eigenvalue weighted by Crippen LogP contribution is -2.02. The van der Waals surface area contributed by atoms with E-state index in [-0.39, 0.29) is 19.8 Å². The number of phosphoric acid groups is 1. The summed E-state index contributed by atoms with van der Waals surface area (Å²) in [7, 11) is -3.76. The Morgan fingerprint density at radius 1 is 0.593 bits per heavy atom. The normalized spacial score (nSPS) is 11.4. The van der Waals surface area contributed by atoms with Crippen molar-refractivity contribution in [1.82, 2.24) is 0 Å². The minimum absolute atomic E-state index is 0.0953. The standard InChI is InChI=1S/C21H20ClO4P/c22-21-13-11-20(12-14-21)17-26-27(23,24-15-18-7-3-1-4-8-18)25-16-19-9-5-2-6-10-19/h1-14H,15-17H2. The van der Waals surface area contributed by atoms with Gasteiger partial charge in [-0.15, -0.1) is 0 Å². The van der Waals surface area contributed by atoms with Crippen LogP contribution >= 0.6 is 19.4 Å². The van der Waals surface area contributed by atoms with E-state index in [1.54, 1.807) is 24.3 Å². The van der Waals surface area contributed by atoms with Crippen LogP contribution in [0.15, 0.2) is 84.9 Å². The zero-order valence-corrected chi connectivity index (χ0v) is 16.3. The van der Waals surface area contributed by atoms with Gasteiger partial charge in [-0.3, -0.25) is 13.6 Å². The van der Waals surface area contributed by atoms with Crippen molar-refractivity contribution in [3.63, 3.8) is 0 Å². The van der Waals surface area contributed by atoms with E-state index >= 15 is 0 Å². The minimum Gasteiger partial charge on any atom is -0.282 e. The molecule has 0 atom stereocenters. The SMILES string of the molecule is O=P(OCc1ccccc1)(OCc1ccccc1)OCc1ccc(Cl)cc1. The summed E-state index contributed by atoms with van der Waals surface area (Å²) >= 11 is 5.89. The second-order valence-corrected chi connectivity index (χ2v) is 7.97. The van der Waals surface area contributed by atoms with Crippen molar-refractivity contribution in [2.24, 2.45) is 0 Å². The summed E-state index contributed by atoms with van der Waals surface area (Å²) in [4.78, 5) is 0. The zero-order chi connectivity index (χ0) is 19.0. The number of halogens is 1. The zero-order valence-electron chi connectivity index (χ0n) is 14.7. The first-order valence-electron chi connectivity index (χ1n) is 8.49. The van der Waals surface area contributed by atoms with Gasteiger partial charge >= 0.3 is 7.82 Å². The predicted octanol–water partition coefficient (Wildman–Crippen LogP) is 6.40. The van der Waals surface area contributed by atoms with Crippen LogP contribution in [0.25, 0.3) is 0 Å². The lowest BCUT2D eigenvalue weighted by molar-refractivity contribution is 0.0978. The first kappa shape index (κ1) is 19.8. The van der Waals surface area contributed by atoms with Gasteiger partial charge < -0.3 is 0 Å². The molecule has 6 heteroatoms. The summed E-state index contributed by atoms with van der Waals surface area (Å²) < 4.78 is 29.8. The molecule has 3 aromatic rings. The van der Waals surface area contributed by atoms with Crippen molar-refractivity contribution in [2.75, 3.05) is 0 Å². The maximum atomic E-state index is 13.1. The molecule has 0 aliphatic rings. The number of phosphoric ester groups is 1. The summed E-state index contributed by atoms with van der Waals surface area (Å²) in [5, 5.41) is 0.627. The van der Waals surface area contributed by atoms with E-state index in [1.165, 1.54) is 0 Å². The Morgan fingerprint density at radius 3 is 1.37 bits per heavy atom. The van der Waals surface area contributed by atoms with Crippen LogP contribution in [-0.4, -0.2) is 0 Å². The summed E-state index contributed by atoms with van der Waals surface area (Å²) in [5.74, 6) is 0. The van der Waals surface area contributed by atoms with E-state index < -0.39 is 7.82 Å². The fraction of sp³-hybridized carbons (Fsp3) is 0.143. The molecule has 0 N–H and O–H groups in total. The molecule has 3 aromatic carbocycles. The van der Waals surface area contributed by atoms with E-state index in [4.69, 9.17) is 25.2 Å². The molecule has 0 unspecified atom stereocenters. The van der Waals surface area contributed by atoms with E-state index in [0.717, 1.165) is 16.7 Å². The van der Waals surface area contributed by atoms with E-state index in [0.29, 0.717) is 5.02 Å². The van der Waals surface area contributed by atoms with E-state index in [9.17, 15) is 4.57 Å². The molecule has 0 radical (unpaired) electrons. The first-order chi connectivity index (χ1) is 13.1. The Bertz CT molecular complexity index is 822. The van der Waals surface area contributed by atoms with Crippen LogP contribution in [0.4, 0.5) is 0 Å². The molecule has 0 aliphatic heterocycles. The van der Waals surface area contributed by atoms with E-state index in [2.05, 4.69) is 0 Å². The summed E-state index contributed by atoms with van der Waals surface area (Å²) in [6.07, 6.45) is 0. The molecule has 0 amide bonds. The van der Waals surface area contributed by atoms with Crippen molar-refractivity contribution in [1.29, 1.82) is 0 Å². The average Bonchev–Trinajstić information content (AvgIpc) is 2.72. The third-order valence-corrected chi connectivity index (χ3v) is 5.35. The largest absolute Gasteiger partial charge is 0.475 e. The van der Waals surface area contributed by atoms with Gasteiger partial charge in [0.15, 0.2) is 0 Å². The summed E-state index contributed by atoms with van der Waals surface area (Å²) in [6, 6.07) is 26.1. The predicted molar refractivity (Wildman–Crippen MR) is 106 cm³/mol. The third kappa shape index (κ3) is 6.62. The lowest BCUT2D eigenvalue weighted by atomic mass is 10.2. The van der Waals surface area contributed by atoms with Crippen LogP contribution in [0.2, 0.25) is 5.02 Å². The Hall–Kier alpha value is -1.94. The Kier molecular flexibility index (Phi) is 7.22. The van der Waals surface area contributed by atoms with Gasteiger partial charge in [0.1, 0.15) is 0 Å². The molecule has 0 spiro atoms. The minimum atomic E-state index is -3.76. The average molecular weight is 403 g/mol. The van der Waals surface area contributed by atoms with Gasteiger partial charge in [0, 0.05) is 5.02 Å². The molecule has 0 fully saturated rings. The molecule has 0 saturated carbocycles. The fourth-order valence-corrected chi connectivity index (χ4v) is 3.57. The molecule has 0 aromatic heterocycles. The maximum Gasteiger partial charge on any atom is 0.475 e. The number of benzene rings is 3. The lowest BCUT2D eigenvalue weighted by Gasteiger charge is -2.18. The monoisotopic (exact) mass is 402 g/mol. The van der Waals surface area contributed by atoms with Gasteiger partial charge in [0.05, 0.1) is 19.8 Å². The topological polar surface area (TPSA) is 44.8 Å². The van der Waals surface area contributed by atoms with Gasteiger partial charge in [-0.25, -0.2) is 4.57 Å². The van der Waals surface area contributed by atoms with Crippen molar-refractivity contribution < 1.29 is 18.1 Å². The first-order valence-corrected chi connectivity index (χ1v) is 10.3. The molecule has 0 heterocycles. The number of rotatable bonds is 9. The van der Waals surface area contributed by atoms with Crippen LogP contribution < -0.4 is 0 Å². The molecular formula is C21H20ClO4P. The fourth-order valence-electron chi connectivity index (χ4n) is 2.30. The Labute approximate surface area is 164 Å². The Morgan fingerprint density at radius 2 is 0.963 bits per heavy atom.